The Kier molecular flexibility index (Phi) is 4.30. The zero-order chi connectivity index (χ0) is 13.8. The molecule has 0 radical (unpaired) electrons. The number of rotatable bonds is 3. The Balaban J connectivity index is 2.03. The van der Waals surface area contributed by atoms with E-state index in [0.717, 1.165) is 5.56 Å². The van der Waals surface area contributed by atoms with Gasteiger partial charge in [-0.05, 0) is 35.9 Å². The van der Waals surface area contributed by atoms with Crippen LogP contribution in [0.15, 0.2) is 42.5 Å². The van der Waals surface area contributed by atoms with Gasteiger partial charge in [0, 0.05) is 22.3 Å². The summed E-state index contributed by atoms with van der Waals surface area (Å²) in [6.07, 6.45) is 0. The van der Waals surface area contributed by atoms with Crippen molar-refractivity contribution < 1.29 is 4.79 Å². The van der Waals surface area contributed by atoms with E-state index in [4.69, 9.17) is 28.9 Å². The second-order valence-electron chi connectivity index (χ2n) is 4.04. The molecule has 0 saturated carbocycles. The van der Waals surface area contributed by atoms with E-state index < -0.39 is 0 Å². The largest absolute Gasteiger partial charge is 0.398 e. The van der Waals surface area contributed by atoms with Crippen molar-refractivity contribution in [3.8, 4) is 0 Å². The molecule has 0 aliphatic heterocycles. The van der Waals surface area contributed by atoms with Gasteiger partial charge in [-0.15, -0.1) is 0 Å². The third-order valence-electron chi connectivity index (χ3n) is 2.62. The van der Waals surface area contributed by atoms with Gasteiger partial charge in [-0.1, -0.05) is 35.3 Å². The number of benzene rings is 2. The van der Waals surface area contributed by atoms with Gasteiger partial charge in [0.1, 0.15) is 0 Å². The maximum atomic E-state index is 12.0. The summed E-state index contributed by atoms with van der Waals surface area (Å²) in [5, 5.41) is 3.96. The molecule has 1 amide bonds. The van der Waals surface area contributed by atoms with Crippen LogP contribution >= 0.6 is 23.2 Å². The van der Waals surface area contributed by atoms with Gasteiger partial charge in [-0.2, -0.15) is 0 Å². The van der Waals surface area contributed by atoms with Crippen molar-refractivity contribution in [3.63, 3.8) is 0 Å². The molecule has 3 N–H and O–H groups in total. The molecule has 2 rings (SSSR count). The van der Waals surface area contributed by atoms with Crippen molar-refractivity contribution in [2.45, 2.75) is 6.54 Å². The normalized spacial score (nSPS) is 10.2. The quantitative estimate of drug-likeness (QED) is 0.851. The molecule has 0 bridgehead atoms. The van der Waals surface area contributed by atoms with Crippen LogP contribution in [0.25, 0.3) is 0 Å². The summed E-state index contributed by atoms with van der Waals surface area (Å²) in [5.74, 6) is -0.232. The first-order valence-electron chi connectivity index (χ1n) is 5.64. The molecular formula is C14H12Cl2N2O. The van der Waals surface area contributed by atoms with E-state index in [-0.39, 0.29) is 5.91 Å². The molecule has 0 aliphatic rings. The van der Waals surface area contributed by atoms with Crippen LogP contribution in [0, 0.1) is 0 Å². The van der Waals surface area contributed by atoms with E-state index in [1.54, 1.807) is 30.3 Å². The zero-order valence-corrected chi connectivity index (χ0v) is 11.5. The Labute approximate surface area is 121 Å². The molecule has 0 atom stereocenters. The fourth-order valence-electron chi connectivity index (χ4n) is 1.62. The lowest BCUT2D eigenvalue weighted by atomic mass is 10.1. The second kappa shape index (κ2) is 5.95. The number of halogens is 2. The Bertz CT molecular complexity index is 597. The van der Waals surface area contributed by atoms with E-state index in [2.05, 4.69) is 5.32 Å². The summed E-state index contributed by atoms with van der Waals surface area (Å²) >= 11 is 11.6. The predicted octanol–water partition coefficient (Wildman–Crippen LogP) is 3.51. The van der Waals surface area contributed by atoms with Gasteiger partial charge in [0.05, 0.1) is 5.56 Å². The highest BCUT2D eigenvalue weighted by Crippen LogP contribution is 2.18. The van der Waals surface area contributed by atoms with E-state index in [0.29, 0.717) is 27.8 Å². The average molecular weight is 295 g/mol. The number of nitrogens with two attached hydrogens (primary N) is 1. The molecule has 0 saturated heterocycles. The van der Waals surface area contributed by atoms with Gasteiger partial charge in [0.2, 0.25) is 0 Å². The van der Waals surface area contributed by atoms with Gasteiger partial charge in [0.25, 0.3) is 5.91 Å². The fourth-order valence-corrected chi connectivity index (χ4v) is 1.93. The van der Waals surface area contributed by atoms with Crippen LogP contribution in [0.4, 0.5) is 5.69 Å². The van der Waals surface area contributed by atoms with E-state index in [1.165, 1.54) is 0 Å². The van der Waals surface area contributed by atoms with Gasteiger partial charge in [-0.3, -0.25) is 4.79 Å². The Hall–Kier alpha value is -1.71. The first-order valence-corrected chi connectivity index (χ1v) is 6.39. The molecular weight excluding hydrogens is 283 g/mol. The van der Waals surface area contributed by atoms with Crippen LogP contribution in [-0.2, 0) is 6.54 Å². The molecule has 5 heteroatoms. The third kappa shape index (κ3) is 3.63. The number of amides is 1. The number of nitrogen functional groups attached to an aromatic ring is 1. The number of anilines is 1. The molecule has 0 aliphatic carbocycles. The minimum Gasteiger partial charge on any atom is -0.398 e. The number of carbonyl (C=O) groups is 1. The summed E-state index contributed by atoms with van der Waals surface area (Å²) in [4.78, 5) is 12.0. The van der Waals surface area contributed by atoms with E-state index in [1.807, 2.05) is 12.1 Å². The maximum Gasteiger partial charge on any atom is 0.253 e. The second-order valence-corrected chi connectivity index (χ2v) is 4.91. The summed E-state index contributed by atoms with van der Waals surface area (Å²) in [6, 6.07) is 12.1. The zero-order valence-electron chi connectivity index (χ0n) is 9.99. The van der Waals surface area contributed by atoms with Crippen LogP contribution in [0.3, 0.4) is 0 Å². The maximum absolute atomic E-state index is 12.0. The Morgan fingerprint density at radius 3 is 2.32 bits per heavy atom. The van der Waals surface area contributed by atoms with Crippen molar-refractivity contribution in [2.24, 2.45) is 0 Å². The highest BCUT2D eigenvalue weighted by atomic mass is 35.5. The first-order chi connectivity index (χ1) is 9.06. The molecule has 0 fully saturated rings. The summed E-state index contributed by atoms with van der Waals surface area (Å²) < 4.78 is 0. The van der Waals surface area contributed by atoms with Crippen molar-refractivity contribution in [3.05, 3.63) is 63.6 Å². The molecule has 2 aromatic rings. The van der Waals surface area contributed by atoms with E-state index in [9.17, 15) is 4.79 Å². The van der Waals surface area contributed by atoms with Gasteiger partial charge in [-0.25, -0.2) is 0 Å². The molecule has 0 spiro atoms. The van der Waals surface area contributed by atoms with Gasteiger partial charge < -0.3 is 11.1 Å². The Morgan fingerprint density at radius 2 is 1.68 bits per heavy atom. The number of carbonyl (C=O) groups excluding carboxylic acids is 1. The third-order valence-corrected chi connectivity index (χ3v) is 3.11. The van der Waals surface area contributed by atoms with Crippen LogP contribution < -0.4 is 11.1 Å². The molecule has 19 heavy (non-hydrogen) atoms. The molecule has 2 aromatic carbocycles. The highest BCUT2D eigenvalue weighted by Gasteiger charge is 2.09. The fraction of sp³-hybridized carbons (Fsp3) is 0.0714. The lowest BCUT2D eigenvalue weighted by molar-refractivity contribution is 0.0952. The summed E-state index contributed by atoms with van der Waals surface area (Å²) in [5.41, 5.74) is 7.49. The lowest BCUT2D eigenvalue weighted by Gasteiger charge is -2.08. The topological polar surface area (TPSA) is 55.1 Å². The minimum atomic E-state index is -0.232. The Morgan fingerprint density at radius 1 is 1.05 bits per heavy atom. The SMILES string of the molecule is Nc1cc(Cl)ccc1C(=O)NCc1ccc(Cl)cc1. The van der Waals surface area contributed by atoms with Crippen LogP contribution in [0.1, 0.15) is 15.9 Å². The van der Waals surface area contributed by atoms with Crippen LogP contribution in [0.5, 0.6) is 0 Å². The highest BCUT2D eigenvalue weighted by molar-refractivity contribution is 6.31. The van der Waals surface area contributed by atoms with E-state index >= 15 is 0 Å². The van der Waals surface area contributed by atoms with Crippen molar-refractivity contribution >= 4 is 34.8 Å². The number of hydrogen-bond acceptors (Lipinski definition) is 2. The minimum absolute atomic E-state index is 0.232. The standard InChI is InChI=1S/C14H12Cl2N2O/c15-10-3-1-9(2-4-10)8-18-14(19)12-6-5-11(16)7-13(12)17/h1-7H,8,17H2,(H,18,19). The lowest BCUT2D eigenvalue weighted by Crippen LogP contribution is -2.23. The van der Waals surface area contributed by atoms with Crippen molar-refractivity contribution in [1.82, 2.24) is 5.32 Å². The monoisotopic (exact) mass is 294 g/mol. The van der Waals surface area contributed by atoms with Crippen molar-refractivity contribution in [2.75, 3.05) is 5.73 Å². The van der Waals surface area contributed by atoms with Crippen molar-refractivity contribution in [1.29, 1.82) is 0 Å². The van der Waals surface area contributed by atoms with Gasteiger partial charge >= 0.3 is 0 Å². The summed E-state index contributed by atoms with van der Waals surface area (Å²) in [6.45, 7) is 0.415. The molecule has 0 heterocycles. The average Bonchev–Trinajstić information content (AvgIpc) is 2.37. The van der Waals surface area contributed by atoms with Crippen LogP contribution in [0.2, 0.25) is 10.0 Å². The number of hydrogen-bond donors (Lipinski definition) is 2. The van der Waals surface area contributed by atoms with Gasteiger partial charge in [0.15, 0.2) is 0 Å². The molecule has 3 nitrogen and oxygen atoms in total. The molecule has 0 aromatic heterocycles. The smallest absolute Gasteiger partial charge is 0.253 e. The van der Waals surface area contributed by atoms with Crippen LogP contribution in [-0.4, -0.2) is 5.91 Å². The molecule has 0 unspecified atom stereocenters. The predicted molar refractivity (Wildman–Crippen MR) is 78.5 cm³/mol. The number of nitrogens with one attached hydrogen (secondary N) is 1. The molecule has 98 valence electrons. The first kappa shape index (κ1) is 13.7. The summed E-state index contributed by atoms with van der Waals surface area (Å²) in [7, 11) is 0.